The molecule has 2 aromatic carbocycles. The molecule has 1 N–H and O–H groups in total. The van der Waals surface area contributed by atoms with E-state index in [0.29, 0.717) is 18.6 Å². The monoisotopic (exact) mass is 686 g/mol. The fourth-order valence-electron chi connectivity index (χ4n) is 5.87. The lowest BCUT2D eigenvalue weighted by molar-refractivity contribution is -0.274. The van der Waals surface area contributed by atoms with Crippen LogP contribution in [0.3, 0.4) is 0 Å². The van der Waals surface area contributed by atoms with E-state index in [1.54, 1.807) is 11.5 Å². The molecule has 9 nitrogen and oxygen atoms in total. The number of benzene rings is 2. The number of piperazine rings is 1. The van der Waals surface area contributed by atoms with Crippen LogP contribution < -0.4 is 20.4 Å². The van der Waals surface area contributed by atoms with Gasteiger partial charge in [0.15, 0.2) is 0 Å². The molecule has 1 amide bonds. The predicted molar refractivity (Wildman–Crippen MR) is 165 cm³/mol. The first-order valence-corrected chi connectivity index (χ1v) is 15.5. The lowest BCUT2D eigenvalue weighted by atomic mass is 10.0. The van der Waals surface area contributed by atoms with Crippen molar-refractivity contribution in [2.24, 2.45) is 0 Å². The zero-order chi connectivity index (χ0) is 33.5. The molecule has 1 saturated heterocycles. The molecule has 2 heterocycles. The Bertz CT molecular complexity index is 1720. The molecule has 1 saturated carbocycles. The molecule has 1 aliphatic heterocycles. The summed E-state index contributed by atoms with van der Waals surface area (Å²) in [5.41, 5.74) is -0.220. The number of fused-ring (bicyclic) bond motifs is 1. The number of nitrogens with zero attached hydrogens (tertiary/aromatic N) is 3. The Balaban J connectivity index is 1.43. The number of halogens is 6. The summed E-state index contributed by atoms with van der Waals surface area (Å²) in [5.74, 6) is -2.35. The average Bonchev–Trinajstić information content (AvgIpc) is 3.80. The predicted octanol–water partition coefficient (Wildman–Crippen LogP) is 6.07. The molecule has 2 fully saturated rings. The maximum Gasteiger partial charge on any atom is 0.573 e. The Morgan fingerprint density at radius 3 is 2.35 bits per heavy atom. The summed E-state index contributed by atoms with van der Waals surface area (Å²) in [5, 5.41) is 2.49. The fraction of sp³-hybridized carbons (Fsp3) is 0.452. The molecule has 248 valence electrons. The van der Waals surface area contributed by atoms with E-state index >= 15 is 4.39 Å². The molecule has 0 spiro atoms. The number of carbonyl (C=O) groups is 2. The highest BCUT2D eigenvalue weighted by atomic mass is 35.5. The van der Waals surface area contributed by atoms with Gasteiger partial charge in [0.05, 0.1) is 34.8 Å². The minimum Gasteiger partial charge on any atom is -0.465 e. The van der Waals surface area contributed by atoms with Gasteiger partial charge in [0, 0.05) is 49.0 Å². The van der Waals surface area contributed by atoms with E-state index in [0.717, 1.165) is 31.0 Å². The topological polar surface area (TPSA) is 93.1 Å². The molecule has 5 rings (SSSR count). The third-order valence-electron chi connectivity index (χ3n) is 8.10. The Hall–Kier alpha value is -3.55. The minimum atomic E-state index is -4.89. The van der Waals surface area contributed by atoms with Gasteiger partial charge in [-0.05, 0) is 57.4 Å². The minimum absolute atomic E-state index is 0.0529. The third-order valence-corrected chi connectivity index (χ3v) is 8.81. The number of pyridine rings is 1. The van der Waals surface area contributed by atoms with Gasteiger partial charge in [0.1, 0.15) is 17.1 Å². The lowest BCUT2D eigenvalue weighted by Crippen LogP contribution is -2.58. The van der Waals surface area contributed by atoms with Gasteiger partial charge in [0.25, 0.3) is 5.91 Å². The number of hydrogen-bond donors (Lipinski definition) is 1. The van der Waals surface area contributed by atoms with E-state index in [1.165, 1.54) is 12.3 Å². The first-order chi connectivity index (χ1) is 21.7. The van der Waals surface area contributed by atoms with Crippen molar-refractivity contribution in [3.8, 4) is 5.75 Å². The molecule has 3 aromatic rings. The van der Waals surface area contributed by atoms with Gasteiger partial charge >= 0.3 is 12.3 Å². The number of carbonyl (C=O) groups excluding carboxylic acids is 2. The van der Waals surface area contributed by atoms with Crippen molar-refractivity contribution < 1.29 is 36.6 Å². The van der Waals surface area contributed by atoms with Crippen molar-refractivity contribution in [1.29, 1.82) is 0 Å². The second kappa shape index (κ2) is 13.3. The zero-order valence-corrected chi connectivity index (χ0v) is 26.7. The van der Waals surface area contributed by atoms with Gasteiger partial charge in [-0.1, -0.05) is 29.3 Å². The van der Waals surface area contributed by atoms with Crippen LogP contribution in [0.1, 0.15) is 55.6 Å². The van der Waals surface area contributed by atoms with Gasteiger partial charge in [0.2, 0.25) is 5.43 Å². The largest absolute Gasteiger partial charge is 0.573 e. The molecule has 15 heteroatoms. The number of alkyl halides is 3. The number of nitrogens with one attached hydrogen (secondary N) is 1. The smallest absolute Gasteiger partial charge is 0.465 e. The number of amides is 1. The van der Waals surface area contributed by atoms with Crippen molar-refractivity contribution >= 4 is 51.7 Å². The normalized spacial score (nSPS) is 18.9. The molecular formula is C31H32Cl2F4N4O5. The van der Waals surface area contributed by atoms with Crippen LogP contribution in [0.5, 0.6) is 5.75 Å². The molecule has 1 aromatic heterocycles. The Morgan fingerprint density at radius 2 is 1.76 bits per heavy atom. The Kier molecular flexibility index (Phi) is 9.76. The van der Waals surface area contributed by atoms with Gasteiger partial charge in [-0.15, -0.1) is 13.2 Å². The van der Waals surface area contributed by atoms with Gasteiger partial charge in [-0.25, -0.2) is 4.39 Å². The van der Waals surface area contributed by atoms with E-state index in [2.05, 4.69) is 10.1 Å². The summed E-state index contributed by atoms with van der Waals surface area (Å²) in [6.07, 6.45) is -1.94. The van der Waals surface area contributed by atoms with E-state index in [-0.39, 0.29) is 76.0 Å². The standard InChI is InChI=1S/C31H32Cl2F4N4O5/c1-4-45-25(42)15-40-16(2)12-39(13-17(40)3)28-24(34)10-21-27(26(28)33)41(19-6-7-19)14-22(29(21)43)30(44)38-11-18-5-8-20(9-23(18)32)46-31(35,36)37/h5,8-10,14,16-17,19H,4,6-7,11-13,15H2,1-3H3,(H,38,44)/t16-,17+. The van der Waals surface area contributed by atoms with Crippen LogP contribution in [0, 0.1) is 5.82 Å². The number of esters is 1. The van der Waals surface area contributed by atoms with Gasteiger partial charge < -0.3 is 24.3 Å². The highest BCUT2D eigenvalue weighted by Gasteiger charge is 2.35. The van der Waals surface area contributed by atoms with Crippen LogP contribution in [0.15, 0.2) is 35.3 Å². The molecule has 0 radical (unpaired) electrons. The number of hydrogen-bond acceptors (Lipinski definition) is 7. The highest BCUT2D eigenvalue weighted by molar-refractivity contribution is 6.38. The van der Waals surface area contributed by atoms with Gasteiger partial charge in [-0.2, -0.15) is 0 Å². The Morgan fingerprint density at radius 1 is 1.09 bits per heavy atom. The van der Waals surface area contributed by atoms with Crippen LogP contribution in [-0.2, 0) is 16.1 Å². The molecule has 1 aliphatic carbocycles. The first kappa shape index (κ1) is 33.8. The Labute approximate surface area is 271 Å². The summed E-state index contributed by atoms with van der Waals surface area (Å²) >= 11 is 13.0. The maximum atomic E-state index is 15.9. The van der Waals surface area contributed by atoms with Crippen molar-refractivity contribution in [3.63, 3.8) is 0 Å². The second-order valence-electron chi connectivity index (χ2n) is 11.5. The molecule has 2 atom stereocenters. The maximum absolute atomic E-state index is 15.9. The number of rotatable bonds is 9. The molecule has 2 aliphatic rings. The van der Waals surface area contributed by atoms with E-state index in [9.17, 15) is 27.6 Å². The van der Waals surface area contributed by atoms with E-state index < -0.39 is 29.3 Å². The van der Waals surface area contributed by atoms with E-state index in [4.69, 9.17) is 27.9 Å². The van der Waals surface area contributed by atoms with Crippen LogP contribution in [0.4, 0.5) is 23.2 Å². The first-order valence-electron chi connectivity index (χ1n) is 14.7. The van der Waals surface area contributed by atoms with Crippen LogP contribution >= 0.6 is 23.2 Å². The van der Waals surface area contributed by atoms with Crippen molar-refractivity contribution in [1.82, 2.24) is 14.8 Å². The summed E-state index contributed by atoms with van der Waals surface area (Å²) in [6, 6.07) is 4.06. The summed E-state index contributed by atoms with van der Waals surface area (Å²) < 4.78 is 64.1. The second-order valence-corrected chi connectivity index (χ2v) is 12.3. The number of ether oxygens (including phenoxy) is 2. The van der Waals surface area contributed by atoms with Gasteiger partial charge in [-0.3, -0.25) is 19.3 Å². The number of anilines is 1. The molecule has 0 bridgehead atoms. The van der Waals surface area contributed by atoms with Crippen LogP contribution in [0.25, 0.3) is 10.9 Å². The summed E-state index contributed by atoms with van der Waals surface area (Å²) in [7, 11) is 0. The average molecular weight is 688 g/mol. The highest BCUT2D eigenvalue weighted by Crippen LogP contribution is 2.42. The van der Waals surface area contributed by atoms with Crippen molar-refractivity contribution in [2.45, 2.75) is 64.6 Å². The molecule has 46 heavy (non-hydrogen) atoms. The van der Waals surface area contributed by atoms with E-state index in [1.807, 2.05) is 23.6 Å². The zero-order valence-electron chi connectivity index (χ0n) is 25.2. The molecule has 0 unspecified atom stereocenters. The number of aromatic nitrogens is 1. The summed E-state index contributed by atoms with van der Waals surface area (Å²) in [6.45, 7) is 6.51. The molecular weight excluding hydrogens is 655 g/mol. The SMILES string of the molecule is CCOC(=O)CN1[C@H](C)CN(c2c(F)cc3c(=O)c(C(=O)NCc4ccc(OC(F)(F)F)cc4Cl)cn(C4CC4)c3c2Cl)C[C@@H]1C. The summed E-state index contributed by atoms with van der Waals surface area (Å²) in [4.78, 5) is 42.8. The van der Waals surface area contributed by atoms with Crippen LogP contribution in [0.2, 0.25) is 10.0 Å². The lowest BCUT2D eigenvalue weighted by Gasteiger charge is -2.45. The quantitative estimate of drug-likeness (QED) is 0.216. The van der Waals surface area contributed by atoms with Crippen LogP contribution in [-0.4, -0.2) is 66.0 Å². The third kappa shape index (κ3) is 7.21. The van der Waals surface area contributed by atoms with Crippen molar-refractivity contribution in [3.05, 3.63) is 67.7 Å². The van der Waals surface area contributed by atoms with Crippen molar-refractivity contribution in [2.75, 3.05) is 31.1 Å². The fourth-order valence-corrected chi connectivity index (χ4v) is 6.52.